The Morgan fingerprint density at radius 1 is 1.14 bits per heavy atom. The number of ketones is 2. The first-order chi connectivity index (χ1) is 14.0. The number of nitrogens with one attached hydrogen (secondary N) is 1. The zero-order valence-corrected chi connectivity index (χ0v) is 15.6. The third kappa shape index (κ3) is 3.47. The van der Waals surface area contributed by atoms with E-state index in [1.54, 1.807) is 37.5 Å². The van der Waals surface area contributed by atoms with Crippen LogP contribution in [0, 0.1) is 18.7 Å². The van der Waals surface area contributed by atoms with Crippen LogP contribution >= 0.6 is 0 Å². The monoisotopic (exact) mass is 393 g/mol. The van der Waals surface area contributed by atoms with Crippen LogP contribution in [-0.2, 0) is 16.1 Å². The van der Waals surface area contributed by atoms with Crippen molar-refractivity contribution in [3.8, 4) is 0 Å². The molecule has 1 amide bonds. The molecule has 1 aliphatic heterocycles. The molecule has 4 rings (SSSR count). The average Bonchev–Trinajstić information content (AvgIpc) is 3.26. The van der Waals surface area contributed by atoms with Crippen LogP contribution in [0.4, 0.5) is 4.39 Å². The molecule has 1 N–H and O–H groups in total. The summed E-state index contributed by atoms with van der Waals surface area (Å²) in [5.74, 6) is -3.25. The van der Waals surface area contributed by atoms with Gasteiger partial charge in [-0.3, -0.25) is 14.4 Å². The van der Waals surface area contributed by atoms with Crippen molar-refractivity contribution in [2.45, 2.75) is 19.5 Å². The number of pyridine rings is 1. The lowest BCUT2D eigenvalue weighted by Crippen LogP contribution is -2.30. The Morgan fingerprint density at radius 2 is 1.90 bits per heavy atom. The summed E-state index contributed by atoms with van der Waals surface area (Å²) in [6, 6.07) is 11.3. The molecule has 3 heterocycles. The highest BCUT2D eigenvalue weighted by Gasteiger charge is 2.52. The van der Waals surface area contributed by atoms with Gasteiger partial charge in [0.2, 0.25) is 11.6 Å². The predicted molar refractivity (Wildman–Crippen MR) is 99.0 cm³/mol. The third-order valence-electron chi connectivity index (χ3n) is 5.01. The van der Waals surface area contributed by atoms with Crippen molar-refractivity contribution in [1.29, 1.82) is 0 Å². The van der Waals surface area contributed by atoms with E-state index in [2.05, 4.69) is 4.98 Å². The molecule has 2 aromatic heterocycles. The van der Waals surface area contributed by atoms with E-state index in [9.17, 15) is 18.8 Å². The van der Waals surface area contributed by atoms with Gasteiger partial charge in [-0.05, 0) is 42.8 Å². The van der Waals surface area contributed by atoms with Crippen LogP contribution < -0.4 is 4.98 Å². The largest absolute Gasteiger partial charge is 0.458 e. The van der Waals surface area contributed by atoms with Crippen molar-refractivity contribution < 1.29 is 28.2 Å². The SMILES string of the molecule is Cc1ccc(C(=O)C2C(=O)C(=O)N(Cc3ccc[nH+]c3)C2c2ccc(F)cc2)o1. The topological polar surface area (TPSA) is 81.7 Å². The van der Waals surface area contributed by atoms with Crippen LogP contribution in [0.5, 0.6) is 0 Å². The molecule has 0 spiro atoms. The lowest BCUT2D eigenvalue weighted by atomic mass is 9.88. The van der Waals surface area contributed by atoms with E-state index in [4.69, 9.17) is 4.42 Å². The van der Waals surface area contributed by atoms with Crippen LogP contribution in [-0.4, -0.2) is 22.4 Å². The van der Waals surface area contributed by atoms with Gasteiger partial charge in [-0.15, -0.1) is 0 Å². The summed E-state index contributed by atoms with van der Waals surface area (Å²) < 4.78 is 18.9. The summed E-state index contributed by atoms with van der Waals surface area (Å²) in [5, 5.41) is 0. The second-order valence-corrected chi connectivity index (χ2v) is 6.96. The number of carbonyl (C=O) groups excluding carboxylic acids is 3. The first-order valence-corrected chi connectivity index (χ1v) is 9.11. The number of aryl methyl sites for hydroxylation is 1. The fraction of sp³-hybridized carbons (Fsp3) is 0.182. The molecule has 6 nitrogen and oxygen atoms in total. The van der Waals surface area contributed by atoms with Crippen molar-refractivity contribution >= 4 is 17.5 Å². The summed E-state index contributed by atoms with van der Waals surface area (Å²) in [4.78, 5) is 43.0. The molecular formula is C22H18FN2O4+. The minimum absolute atomic E-state index is 0.0238. The molecule has 29 heavy (non-hydrogen) atoms. The average molecular weight is 393 g/mol. The Morgan fingerprint density at radius 3 is 2.52 bits per heavy atom. The number of hydrogen-bond donors (Lipinski definition) is 0. The Balaban J connectivity index is 1.78. The van der Waals surface area contributed by atoms with E-state index < -0.39 is 35.3 Å². The molecule has 146 valence electrons. The second-order valence-electron chi connectivity index (χ2n) is 6.96. The highest BCUT2D eigenvalue weighted by atomic mass is 19.1. The zero-order chi connectivity index (χ0) is 20.5. The fourth-order valence-corrected chi connectivity index (χ4v) is 3.63. The van der Waals surface area contributed by atoms with Crippen molar-refractivity contribution in [2.24, 2.45) is 5.92 Å². The minimum atomic E-state index is -1.26. The first-order valence-electron chi connectivity index (χ1n) is 9.11. The highest BCUT2D eigenvalue weighted by molar-refractivity contribution is 6.43. The molecule has 2 unspecified atom stereocenters. The van der Waals surface area contributed by atoms with E-state index >= 15 is 0 Å². The quantitative estimate of drug-likeness (QED) is 0.379. The Labute approximate surface area is 166 Å². The molecule has 2 atom stereocenters. The number of carbonyl (C=O) groups is 3. The van der Waals surface area contributed by atoms with Gasteiger partial charge in [0.05, 0.1) is 12.6 Å². The van der Waals surface area contributed by atoms with Crippen molar-refractivity contribution in [2.75, 3.05) is 0 Å². The first kappa shape index (κ1) is 18.7. The molecule has 1 aliphatic rings. The van der Waals surface area contributed by atoms with E-state index in [-0.39, 0.29) is 12.3 Å². The number of H-pyrrole nitrogens is 1. The van der Waals surface area contributed by atoms with Crippen LogP contribution in [0.25, 0.3) is 0 Å². The van der Waals surface area contributed by atoms with E-state index in [1.165, 1.54) is 35.2 Å². The van der Waals surface area contributed by atoms with Crippen LogP contribution in [0.1, 0.15) is 33.5 Å². The van der Waals surface area contributed by atoms with E-state index in [1.807, 2.05) is 0 Å². The molecule has 1 saturated heterocycles. The van der Waals surface area contributed by atoms with Gasteiger partial charge < -0.3 is 9.32 Å². The summed E-state index contributed by atoms with van der Waals surface area (Å²) in [7, 11) is 0. The molecular weight excluding hydrogens is 375 g/mol. The third-order valence-corrected chi connectivity index (χ3v) is 5.01. The number of Topliss-reactive ketones (excluding diaryl/α,β-unsaturated/α-hetero) is 2. The summed E-state index contributed by atoms with van der Waals surface area (Å²) in [6.45, 7) is 1.82. The number of rotatable bonds is 5. The molecule has 3 aromatic rings. The second kappa shape index (κ2) is 7.43. The molecule has 1 aromatic carbocycles. The number of benzene rings is 1. The number of hydrogen-bond acceptors (Lipinski definition) is 4. The van der Waals surface area contributed by atoms with Gasteiger partial charge in [0.25, 0.3) is 5.91 Å². The summed E-state index contributed by atoms with van der Waals surface area (Å²) in [6.07, 6.45) is 3.44. The molecule has 7 heteroatoms. The lowest BCUT2D eigenvalue weighted by Gasteiger charge is -2.26. The van der Waals surface area contributed by atoms with E-state index in [0.717, 1.165) is 5.56 Å². The summed E-state index contributed by atoms with van der Waals surface area (Å²) >= 11 is 0. The lowest BCUT2D eigenvalue weighted by molar-refractivity contribution is -0.378. The van der Waals surface area contributed by atoms with Crippen molar-refractivity contribution in [1.82, 2.24) is 4.90 Å². The van der Waals surface area contributed by atoms with Crippen LogP contribution in [0.15, 0.2) is 65.3 Å². The number of nitrogens with zero attached hydrogens (tertiary/aromatic N) is 1. The molecule has 0 aliphatic carbocycles. The molecule has 0 bridgehead atoms. The zero-order valence-electron chi connectivity index (χ0n) is 15.6. The van der Waals surface area contributed by atoms with Crippen molar-refractivity contribution in [3.05, 3.63) is 89.4 Å². The smallest absolute Gasteiger partial charge is 0.291 e. The summed E-state index contributed by atoms with van der Waals surface area (Å²) in [5.41, 5.74) is 1.27. The molecule has 0 saturated carbocycles. The number of amides is 1. The van der Waals surface area contributed by atoms with Gasteiger partial charge in [-0.1, -0.05) is 12.1 Å². The normalized spacial score (nSPS) is 19.0. The van der Waals surface area contributed by atoms with Gasteiger partial charge in [-0.2, -0.15) is 0 Å². The Kier molecular flexibility index (Phi) is 4.80. The molecule has 0 radical (unpaired) electrons. The van der Waals surface area contributed by atoms with Gasteiger partial charge in [0.1, 0.15) is 17.5 Å². The maximum atomic E-state index is 13.5. The van der Waals surface area contributed by atoms with Gasteiger partial charge in [-0.25, -0.2) is 9.37 Å². The molecule has 1 fully saturated rings. The fourth-order valence-electron chi connectivity index (χ4n) is 3.63. The number of aromatic nitrogens is 1. The standard InChI is InChI=1S/C22H17FN2O4/c1-13-4-9-17(29-13)20(26)18-19(15-5-7-16(23)8-6-15)25(22(28)21(18)27)12-14-3-2-10-24-11-14/h2-11,18-19H,12H2,1H3/p+1. The Hall–Kier alpha value is -3.61. The van der Waals surface area contributed by atoms with E-state index in [0.29, 0.717) is 11.3 Å². The number of halogens is 1. The number of likely N-dealkylation sites (tertiary alicyclic amines) is 1. The van der Waals surface area contributed by atoms with Gasteiger partial charge >= 0.3 is 0 Å². The van der Waals surface area contributed by atoms with Crippen molar-refractivity contribution in [3.63, 3.8) is 0 Å². The van der Waals surface area contributed by atoms with Gasteiger partial charge in [0, 0.05) is 11.6 Å². The van der Waals surface area contributed by atoms with Gasteiger partial charge in [0.15, 0.2) is 18.2 Å². The maximum absolute atomic E-state index is 13.5. The van der Waals surface area contributed by atoms with Crippen LogP contribution in [0.3, 0.4) is 0 Å². The number of furan rings is 1. The maximum Gasteiger partial charge on any atom is 0.291 e. The predicted octanol–water partition coefficient (Wildman–Crippen LogP) is 2.69. The highest BCUT2D eigenvalue weighted by Crippen LogP contribution is 2.39. The van der Waals surface area contributed by atoms with Crippen LogP contribution in [0.2, 0.25) is 0 Å². The number of aromatic amines is 1. The Bertz CT molecular complexity index is 1080. The minimum Gasteiger partial charge on any atom is -0.458 e.